The van der Waals surface area contributed by atoms with Gasteiger partial charge in [-0.25, -0.2) is 0 Å². The van der Waals surface area contributed by atoms with E-state index in [1.807, 2.05) is 12.1 Å². The molecular formula is C13H20BrNO. The SMILES string of the molecule is CCC(C)NCCOCc1cccc(Br)c1. The van der Waals surface area contributed by atoms with Gasteiger partial charge in [-0.05, 0) is 31.0 Å². The van der Waals surface area contributed by atoms with Crippen LogP contribution in [0.25, 0.3) is 0 Å². The summed E-state index contributed by atoms with van der Waals surface area (Å²) in [6, 6.07) is 8.79. The van der Waals surface area contributed by atoms with Crippen LogP contribution in [-0.4, -0.2) is 19.2 Å². The maximum absolute atomic E-state index is 5.59. The first kappa shape index (κ1) is 13.7. The summed E-state index contributed by atoms with van der Waals surface area (Å²) < 4.78 is 6.69. The lowest BCUT2D eigenvalue weighted by Crippen LogP contribution is -2.28. The molecule has 0 fully saturated rings. The lowest BCUT2D eigenvalue weighted by atomic mass is 10.2. The molecule has 0 spiro atoms. The molecule has 0 saturated carbocycles. The molecule has 0 heterocycles. The minimum Gasteiger partial charge on any atom is -0.375 e. The molecule has 1 aromatic rings. The molecule has 2 nitrogen and oxygen atoms in total. The summed E-state index contributed by atoms with van der Waals surface area (Å²) >= 11 is 3.45. The molecule has 90 valence electrons. The van der Waals surface area contributed by atoms with Crippen LogP contribution in [0.3, 0.4) is 0 Å². The van der Waals surface area contributed by atoms with Crippen molar-refractivity contribution in [1.82, 2.24) is 5.32 Å². The highest BCUT2D eigenvalue weighted by Gasteiger charge is 1.97. The largest absolute Gasteiger partial charge is 0.375 e. The van der Waals surface area contributed by atoms with Crippen molar-refractivity contribution in [3.63, 3.8) is 0 Å². The van der Waals surface area contributed by atoms with Crippen LogP contribution in [0.5, 0.6) is 0 Å². The van der Waals surface area contributed by atoms with Crippen molar-refractivity contribution in [3.8, 4) is 0 Å². The number of nitrogens with one attached hydrogen (secondary N) is 1. The van der Waals surface area contributed by atoms with Gasteiger partial charge in [-0.15, -0.1) is 0 Å². The second kappa shape index (κ2) is 7.82. The summed E-state index contributed by atoms with van der Waals surface area (Å²) in [6.07, 6.45) is 1.16. The minimum absolute atomic E-state index is 0.578. The fourth-order valence-corrected chi connectivity index (χ4v) is 1.79. The molecule has 1 N–H and O–H groups in total. The standard InChI is InChI=1S/C13H20BrNO/c1-3-11(2)15-7-8-16-10-12-5-4-6-13(14)9-12/h4-6,9,11,15H,3,7-8,10H2,1-2H3. The third kappa shape index (κ3) is 5.64. The van der Waals surface area contributed by atoms with Crippen LogP contribution in [0.15, 0.2) is 28.7 Å². The van der Waals surface area contributed by atoms with Gasteiger partial charge in [-0.3, -0.25) is 0 Å². The van der Waals surface area contributed by atoms with Gasteiger partial charge in [0.2, 0.25) is 0 Å². The Labute approximate surface area is 107 Å². The van der Waals surface area contributed by atoms with E-state index >= 15 is 0 Å². The van der Waals surface area contributed by atoms with Crippen LogP contribution in [0.4, 0.5) is 0 Å². The van der Waals surface area contributed by atoms with Gasteiger partial charge in [0.25, 0.3) is 0 Å². The maximum Gasteiger partial charge on any atom is 0.0717 e. The van der Waals surface area contributed by atoms with Gasteiger partial charge in [0, 0.05) is 17.1 Å². The van der Waals surface area contributed by atoms with Crippen LogP contribution < -0.4 is 5.32 Å². The molecule has 0 aliphatic rings. The van der Waals surface area contributed by atoms with Crippen LogP contribution in [0.2, 0.25) is 0 Å². The molecule has 0 amide bonds. The predicted octanol–water partition coefficient (Wildman–Crippen LogP) is 3.35. The molecule has 3 heteroatoms. The molecule has 1 atom stereocenters. The topological polar surface area (TPSA) is 21.3 Å². The van der Waals surface area contributed by atoms with Crippen LogP contribution in [0.1, 0.15) is 25.8 Å². The van der Waals surface area contributed by atoms with Crippen molar-refractivity contribution < 1.29 is 4.74 Å². The van der Waals surface area contributed by atoms with Gasteiger partial charge in [0.15, 0.2) is 0 Å². The first-order valence-electron chi connectivity index (χ1n) is 5.78. The molecule has 16 heavy (non-hydrogen) atoms. The molecule has 0 aliphatic heterocycles. The second-order valence-electron chi connectivity index (χ2n) is 3.95. The summed E-state index contributed by atoms with van der Waals surface area (Å²) in [4.78, 5) is 0. The molecule has 0 aliphatic carbocycles. The number of benzene rings is 1. The fraction of sp³-hybridized carbons (Fsp3) is 0.538. The van der Waals surface area contributed by atoms with Crippen molar-refractivity contribution in [1.29, 1.82) is 0 Å². The Morgan fingerprint density at radius 1 is 1.44 bits per heavy atom. The summed E-state index contributed by atoms with van der Waals surface area (Å²) in [7, 11) is 0. The highest BCUT2D eigenvalue weighted by atomic mass is 79.9. The number of hydrogen-bond acceptors (Lipinski definition) is 2. The van der Waals surface area contributed by atoms with E-state index in [1.165, 1.54) is 5.56 Å². The Morgan fingerprint density at radius 3 is 2.94 bits per heavy atom. The van der Waals surface area contributed by atoms with E-state index in [0.717, 1.165) is 24.0 Å². The molecule has 0 bridgehead atoms. The number of hydrogen-bond donors (Lipinski definition) is 1. The quantitative estimate of drug-likeness (QED) is 0.776. The normalized spacial score (nSPS) is 12.7. The average Bonchev–Trinajstić information content (AvgIpc) is 2.28. The van der Waals surface area contributed by atoms with Crippen molar-refractivity contribution in [3.05, 3.63) is 34.3 Å². The first-order valence-corrected chi connectivity index (χ1v) is 6.57. The average molecular weight is 286 g/mol. The predicted molar refractivity (Wildman–Crippen MR) is 71.6 cm³/mol. The van der Waals surface area contributed by atoms with Crippen LogP contribution in [0, 0.1) is 0 Å². The van der Waals surface area contributed by atoms with Gasteiger partial charge in [0.1, 0.15) is 0 Å². The van der Waals surface area contributed by atoms with E-state index in [1.54, 1.807) is 0 Å². The van der Waals surface area contributed by atoms with Gasteiger partial charge in [-0.1, -0.05) is 35.0 Å². The van der Waals surface area contributed by atoms with E-state index in [4.69, 9.17) is 4.74 Å². The summed E-state index contributed by atoms with van der Waals surface area (Å²) in [5, 5.41) is 3.40. The molecule has 1 rings (SSSR count). The van der Waals surface area contributed by atoms with Crippen molar-refractivity contribution in [2.75, 3.05) is 13.2 Å². The Morgan fingerprint density at radius 2 is 2.25 bits per heavy atom. The number of rotatable bonds is 7. The Kier molecular flexibility index (Phi) is 6.69. The molecule has 0 saturated heterocycles. The van der Waals surface area contributed by atoms with E-state index in [2.05, 4.69) is 47.2 Å². The zero-order valence-electron chi connectivity index (χ0n) is 10.0. The Hall–Kier alpha value is -0.380. The van der Waals surface area contributed by atoms with E-state index < -0.39 is 0 Å². The van der Waals surface area contributed by atoms with Gasteiger partial charge in [0.05, 0.1) is 13.2 Å². The highest BCUT2D eigenvalue weighted by molar-refractivity contribution is 9.10. The molecule has 0 radical (unpaired) electrons. The van der Waals surface area contributed by atoms with E-state index in [0.29, 0.717) is 12.6 Å². The lowest BCUT2D eigenvalue weighted by Gasteiger charge is -2.11. The van der Waals surface area contributed by atoms with Crippen LogP contribution >= 0.6 is 15.9 Å². The second-order valence-corrected chi connectivity index (χ2v) is 4.86. The van der Waals surface area contributed by atoms with Crippen LogP contribution in [-0.2, 0) is 11.3 Å². The van der Waals surface area contributed by atoms with Crippen molar-refractivity contribution in [2.45, 2.75) is 32.9 Å². The molecular weight excluding hydrogens is 266 g/mol. The zero-order chi connectivity index (χ0) is 11.8. The monoisotopic (exact) mass is 285 g/mol. The summed E-state index contributed by atoms with van der Waals surface area (Å²) in [5.41, 5.74) is 1.21. The van der Waals surface area contributed by atoms with Crippen molar-refractivity contribution in [2.24, 2.45) is 0 Å². The fourth-order valence-electron chi connectivity index (χ4n) is 1.34. The number of ether oxygens (including phenoxy) is 1. The van der Waals surface area contributed by atoms with Gasteiger partial charge in [-0.2, -0.15) is 0 Å². The Bertz CT molecular complexity index is 304. The first-order chi connectivity index (χ1) is 7.72. The lowest BCUT2D eigenvalue weighted by molar-refractivity contribution is 0.121. The maximum atomic E-state index is 5.59. The van der Waals surface area contributed by atoms with Crippen molar-refractivity contribution >= 4 is 15.9 Å². The molecule has 1 aromatic carbocycles. The van der Waals surface area contributed by atoms with E-state index in [9.17, 15) is 0 Å². The third-order valence-electron chi connectivity index (χ3n) is 2.51. The zero-order valence-corrected chi connectivity index (χ0v) is 11.6. The Balaban J connectivity index is 2.12. The van der Waals surface area contributed by atoms with Gasteiger partial charge < -0.3 is 10.1 Å². The van der Waals surface area contributed by atoms with Gasteiger partial charge >= 0.3 is 0 Å². The summed E-state index contributed by atoms with van der Waals surface area (Å²) in [6.45, 7) is 6.73. The highest BCUT2D eigenvalue weighted by Crippen LogP contribution is 2.12. The third-order valence-corrected chi connectivity index (χ3v) is 3.00. The van der Waals surface area contributed by atoms with E-state index in [-0.39, 0.29) is 0 Å². The smallest absolute Gasteiger partial charge is 0.0717 e. The molecule has 1 unspecified atom stereocenters. The molecule has 0 aromatic heterocycles. The number of halogens is 1. The minimum atomic E-state index is 0.578. The summed E-state index contributed by atoms with van der Waals surface area (Å²) in [5.74, 6) is 0.